The fraction of sp³-hybridized carbons (Fsp3) is 0.148. The Morgan fingerprint density at radius 3 is 1.10 bits per heavy atom. The molecule has 14 aromatic carbocycles. The quantitative estimate of drug-likeness (QED) is 0.0462. The molecule has 2 aliphatic carbocycles. The minimum absolute atomic E-state index is 0.0298. The zero-order chi connectivity index (χ0) is 87.1. The molecule has 634 valence electrons. The fourth-order valence-electron chi connectivity index (χ4n) is 18.1. The zero-order valence-corrected chi connectivity index (χ0v) is 72.8. The molecule has 19 heteroatoms. The van der Waals surface area contributed by atoms with Crippen LogP contribution in [0, 0.1) is 0 Å². The highest BCUT2D eigenvalue weighted by atomic mass is 32.2. The van der Waals surface area contributed by atoms with Gasteiger partial charge in [-0.1, -0.05) is 66.8 Å². The van der Waals surface area contributed by atoms with Crippen LogP contribution in [-0.4, -0.2) is 96.4 Å². The van der Waals surface area contributed by atoms with Gasteiger partial charge in [-0.3, -0.25) is 4.55 Å². The SMILES string of the molecule is COc1ccc(N(C2=CCC3C(=C2)c2cc(N(c4ccc(OC)cc4)c4ccc(OC)cc4)ccc2N3c2ccc(-c3ccc4c5ccc(-c6ccc(-n7c8ccc(N(C9=CCC(OC)C=C9)c9ccc(OC)cc9)cc8c8cc(N(c9ccc(OC)cc9)c9ccc(OC)cc9)ccc87)cc6)cc5n(CCC(C)S(=O)(=O)O)c4c3)cc2)c2ccc(OC)cc2)cc1. The molecule has 0 bridgehead atoms. The molecular formula is C108H95N7O11S. The number of anilines is 12. The lowest BCUT2D eigenvalue weighted by molar-refractivity contribution is 0.142. The average molecular weight is 1700 g/mol. The first kappa shape index (κ1) is 81.8. The van der Waals surface area contributed by atoms with Crippen molar-refractivity contribution >= 4 is 128 Å². The second kappa shape index (κ2) is 34.7. The summed E-state index contributed by atoms with van der Waals surface area (Å²) in [5.74, 6) is 5.33. The predicted molar refractivity (Wildman–Crippen MR) is 515 cm³/mol. The third-order valence-electron chi connectivity index (χ3n) is 24.8. The van der Waals surface area contributed by atoms with Crippen molar-refractivity contribution in [1.82, 2.24) is 9.13 Å². The largest absolute Gasteiger partial charge is 0.497 e. The van der Waals surface area contributed by atoms with E-state index in [0.717, 1.165) is 203 Å². The molecule has 0 radical (unpaired) electrons. The van der Waals surface area contributed by atoms with Gasteiger partial charge in [0.2, 0.25) is 0 Å². The van der Waals surface area contributed by atoms with E-state index in [9.17, 15) is 13.0 Å². The van der Waals surface area contributed by atoms with Gasteiger partial charge in [0.15, 0.2) is 0 Å². The lowest BCUT2D eigenvalue weighted by Gasteiger charge is -2.33. The third kappa shape index (κ3) is 15.7. The Bertz CT molecular complexity index is 6890. The number of hydrogen-bond acceptors (Lipinski definition) is 15. The molecule has 0 fully saturated rings. The summed E-state index contributed by atoms with van der Waals surface area (Å²) in [4.78, 5) is 11.6. The number of rotatable bonds is 28. The van der Waals surface area contributed by atoms with Crippen molar-refractivity contribution in [2.75, 3.05) is 81.4 Å². The van der Waals surface area contributed by atoms with Gasteiger partial charge in [-0.05, 0) is 327 Å². The van der Waals surface area contributed by atoms with Gasteiger partial charge in [0.1, 0.15) is 40.2 Å². The highest BCUT2D eigenvalue weighted by Gasteiger charge is 2.38. The summed E-state index contributed by atoms with van der Waals surface area (Å²) in [6, 6.07) is 108. The van der Waals surface area contributed by atoms with Crippen molar-refractivity contribution in [3.63, 3.8) is 0 Å². The Morgan fingerprint density at radius 1 is 0.362 bits per heavy atom. The molecule has 18 nitrogen and oxygen atoms in total. The van der Waals surface area contributed by atoms with Crippen molar-refractivity contribution in [3.05, 3.63) is 357 Å². The van der Waals surface area contributed by atoms with Gasteiger partial charge in [0.25, 0.3) is 10.1 Å². The standard InChI is InChI=1S/C108H95N7O11S/c1-70(127(116,117)118)62-63-109-107-64-73(71-10-16-83(17-11-71)114-103-58-36-85(110(75-20-40-89(119-2)41-21-75)76-22-42-90(120-3)43-23-76)66-99(103)100-67-86(37-59-104(100)114)111(77-24-44-91(121-4)45-25-77)78-26-46-92(122-5)47-27-78)14-56-97(107)98-57-15-74(65-108(98)109)72-12-18-84(19-13-72)115-105-60-38-87(112(79-28-48-93(123-6)49-29-79)80-30-50-94(124-7)51-31-80)68-101(105)102-69-88(39-61-106(102)115)113(81-32-52-95(125-8)53-33-81)82-34-54-96(126-9)55-35-82/h10-54,56-58,60-61,64-70,96,104H,55,59,62-63H2,1-9H3,(H,116,117,118). The topological polar surface area (TPSA) is 154 Å². The predicted octanol–water partition coefficient (Wildman–Crippen LogP) is 25.9. The number of aryl methyl sites for hydroxylation is 1. The van der Waals surface area contributed by atoms with E-state index >= 15 is 0 Å². The van der Waals surface area contributed by atoms with Crippen molar-refractivity contribution in [3.8, 4) is 68.2 Å². The van der Waals surface area contributed by atoms with Gasteiger partial charge in [-0.2, -0.15) is 8.42 Å². The summed E-state index contributed by atoms with van der Waals surface area (Å²) in [6.07, 6.45) is 12.7. The van der Waals surface area contributed by atoms with E-state index in [4.69, 9.17) is 37.9 Å². The van der Waals surface area contributed by atoms with Crippen LogP contribution in [-0.2, 0) is 21.4 Å². The minimum atomic E-state index is -4.35. The maximum absolute atomic E-state index is 12.9. The smallest absolute Gasteiger partial charge is 0.267 e. The molecule has 0 saturated heterocycles. The molecule has 3 heterocycles. The number of nitrogens with zero attached hydrogens (tertiary/aromatic N) is 7. The van der Waals surface area contributed by atoms with Crippen LogP contribution in [0.1, 0.15) is 31.7 Å². The molecule has 1 aliphatic heterocycles. The molecule has 19 rings (SSSR count). The van der Waals surface area contributed by atoms with Gasteiger partial charge >= 0.3 is 0 Å². The first-order chi connectivity index (χ1) is 62.1. The minimum Gasteiger partial charge on any atom is -0.497 e. The molecular weight excluding hydrogens is 1600 g/mol. The maximum atomic E-state index is 12.9. The van der Waals surface area contributed by atoms with Gasteiger partial charge in [0, 0.05) is 137 Å². The summed E-state index contributed by atoms with van der Waals surface area (Å²) in [7, 11) is 9.17. The lowest BCUT2D eigenvalue weighted by Crippen LogP contribution is -2.29. The van der Waals surface area contributed by atoms with Crippen molar-refractivity contribution in [1.29, 1.82) is 0 Å². The van der Waals surface area contributed by atoms with Crippen molar-refractivity contribution in [2.24, 2.45) is 0 Å². The molecule has 127 heavy (non-hydrogen) atoms. The Hall–Kier alpha value is -14.9. The van der Waals surface area contributed by atoms with Gasteiger partial charge in [-0.15, -0.1) is 0 Å². The molecule has 16 aromatic rings. The Morgan fingerprint density at radius 2 is 0.717 bits per heavy atom. The first-order valence-corrected chi connectivity index (χ1v) is 43.9. The second-order valence-electron chi connectivity index (χ2n) is 31.8. The monoisotopic (exact) mass is 1700 g/mol. The second-order valence-corrected chi connectivity index (χ2v) is 33.7. The van der Waals surface area contributed by atoms with Crippen LogP contribution in [0.15, 0.2) is 351 Å². The van der Waals surface area contributed by atoms with Crippen molar-refractivity contribution in [2.45, 2.75) is 50.1 Å². The highest BCUT2D eigenvalue weighted by molar-refractivity contribution is 7.86. The Kier molecular flexibility index (Phi) is 22.3. The number of fused-ring (bicyclic) bond motifs is 9. The maximum Gasteiger partial charge on any atom is 0.267 e. The first-order valence-electron chi connectivity index (χ1n) is 42.4. The molecule has 0 saturated carbocycles. The van der Waals surface area contributed by atoms with E-state index in [2.05, 4.69) is 288 Å². The van der Waals surface area contributed by atoms with Crippen LogP contribution in [0.25, 0.3) is 77.1 Å². The van der Waals surface area contributed by atoms with E-state index in [0.29, 0.717) is 13.0 Å². The average Bonchev–Trinajstić information content (AvgIpc) is 1.59. The van der Waals surface area contributed by atoms with Gasteiger partial charge in [-0.25, -0.2) is 0 Å². The Labute approximate surface area is 739 Å². The fourth-order valence-corrected chi connectivity index (χ4v) is 18.5. The van der Waals surface area contributed by atoms with E-state index in [1.807, 2.05) is 84.9 Å². The van der Waals surface area contributed by atoms with Crippen LogP contribution in [0.2, 0.25) is 0 Å². The van der Waals surface area contributed by atoms with E-state index in [-0.39, 0.29) is 18.6 Å². The van der Waals surface area contributed by atoms with Gasteiger partial charge in [0.05, 0.1) is 78.2 Å². The number of allylic oxidation sites excluding steroid dienone is 2. The molecule has 0 spiro atoms. The molecule has 3 atom stereocenters. The third-order valence-corrected chi connectivity index (χ3v) is 26.1. The Balaban J connectivity index is 0.689. The summed E-state index contributed by atoms with van der Waals surface area (Å²) < 4.78 is 86.2. The summed E-state index contributed by atoms with van der Waals surface area (Å²) in [6.45, 7) is 1.89. The molecule has 0 amide bonds. The van der Waals surface area contributed by atoms with Crippen LogP contribution >= 0.6 is 0 Å². The van der Waals surface area contributed by atoms with E-state index < -0.39 is 15.4 Å². The van der Waals surface area contributed by atoms with Crippen LogP contribution in [0.5, 0.6) is 40.2 Å². The van der Waals surface area contributed by atoms with E-state index in [1.165, 1.54) is 5.57 Å². The molecule has 1 N–H and O–H groups in total. The summed E-state index contributed by atoms with van der Waals surface area (Å²) in [5, 5.41) is 3.12. The van der Waals surface area contributed by atoms with Gasteiger partial charge < -0.3 is 71.5 Å². The summed E-state index contributed by atoms with van der Waals surface area (Å²) in [5.41, 5.74) is 24.9. The number of aromatic nitrogens is 2. The van der Waals surface area contributed by atoms with Crippen LogP contribution in [0.4, 0.5) is 68.2 Å². The van der Waals surface area contributed by atoms with Crippen LogP contribution < -0.4 is 57.7 Å². The lowest BCUT2D eigenvalue weighted by atomic mass is 9.93. The normalized spacial score (nSPS) is 14.4. The summed E-state index contributed by atoms with van der Waals surface area (Å²) >= 11 is 0. The van der Waals surface area contributed by atoms with E-state index in [1.54, 1.807) is 63.8 Å². The van der Waals surface area contributed by atoms with Crippen molar-refractivity contribution < 1.29 is 50.9 Å². The number of ether oxygens (including phenoxy) is 8. The number of hydrogen-bond donors (Lipinski definition) is 1. The number of benzene rings is 14. The molecule has 3 unspecified atom stereocenters. The molecule has 2 aromatic heterocycles. The van der Waals surface area contributed by atoms with Crippen LogP contribution in [0.3, 0.4) is 0 Å². The number of methoxy groups -OCH3 is 8. The zero-order valence-electron chi connectivity index (χ0n) is 72.0. The molecule has 3 aliphatic rings. The highest BCUT2D eigenvalue weighted by Crippen LogP contribution is 2.53.